The quantitative estimate of drug-likeness (QED) is 0.896. The molecule has 0 aliphatic heterocycles. The summed E-state index contributed by atoms with van der Waals surface area (Å²) < 4.78 is 7.20. The summed E-state index contributed by atoms with van der Waals surface area (Å²) in [5.41, 5.74) is 0.567. The summed E-state index contributed by atoms with van der Waals surface area (Å²) in [6.07, 6.45) is 3.53. The van der Waals surface area contributed by atoms with Crippen molar-refractivity contribution >= 4 is 5.91 Å². The fourth-order valence-electron chi connectivity index (χ4n) is 1.81. The first kappa shape index (κ1) is 12.0. The Morgan fingerprint density at radius 2 is 2.17 bits per heavy atom. The molecule has 92 valence electrons. The van der Waals surface area contributed by atoms with Gasteiger partial charge in [0.1, 0.15) is 23.0 Å². The maximum absolute atomic E-state index is 11.9. The molecule has 0 radical (unpaired) electrons. The molecule has 0 atom stereocenters. The third kappa shape index (κ3) is 1.89. The van der Waals surface area contributed by atoms with E-state index in [-0.39, 0.29) is 11.5 Å². The monoisotopic (exact) mass is 243 g/mol. The lowest BCUT2D eigenvalue weighted by Gasteiger charge is -2.00. The number of furan rings is 1. The van der Waals surface area contributed by atoms with Crippen LogP contribution in [0.5, 0.6) is 0 Å². The van der Waals surface area contributed by atoms with Crippen molar-refractivity contribution in [1.82, 2.24) is 9.88 Å². The van der Waals surface area contributed by atoms with Gasteiger partial charge in [-0.2, -0.15) is 5.26 Å². The third-order valence-electron chi connectivity index (χ3n) is 2.58. The molecule has 2 rings (SSSR count). The largest absolute Gasteiger partial charge is 0.443 e. The van der Waals surface area contributed by atoms with Gasteiger partial charge in [-0.05, 0) is 26.0 Å². The van der Waals surface area contributed by atoms with Crippen LogP contribution in [-0.2, 0) is 0 Å². The Morgan fingerprint density at radius 3 is 2.72 bits per heavy atom. The van der Waals surface area contributed by atoms with Gasteiger partial charge in [0.25, 0.3) is 5.91 Å². The van der Waals surface area contributed by atoms with Gasteiger partial charge in [0.15, 0.2) is 0 Å². The Balaban J connectivity index is 2.56. The van der Waals surface area contributed by atoms with E-state index < -0.39 is 0 Å². The van der Waals surface area contributed by atoms with Crippen LogP contribution in [0, 0.1) is 18.3 Å². The lowest BCUT2D eigenvalue weighted by molar-refractivity contribution is 0.0954. The van der Waals surface area contributed by atoms with Gasteiger partial charge in [0.05, 0.1) is 0 Å². The number of carbonyl (C=O) groups excluding carboxylic acids is 1. The number of amides is 1. The molecule has 5 heteroatoms. The molecule has 0 saturated carbocycles. The lowest BCUT2D eigenvalue weighted by atomic mass is 10.1. The van der Waals surface area contributed by atoms with E-state index in [1.807, 2.05) is 25.1 Å². The Hall–Kier alpha value is -2.48. The van der Waals surface area contributed by atoms with Gasteiger partial charge in [-0.25, -0.2) is 0 Å². The zero-order chi connectivity index (χ0) is 13.1. The maximum Gasteiger partial charge on any atom is 0.256 e. The standard InChI is InChI=1S/C13H13N3O2/c1-3-15-12(17)11-9(2)18-13(10(11)8-14)16-6-4-5-7-16/h4-7H,3H2,1-2H3,(H,15,17). The summed E-state index contributed by atoms with van der Waals surface area (Å²) in [7, 11) is 0. The number of nitrogens with zero attached hydrogens (tertiary/aromatic N) is 2. The highest BCUT2D eigenvalue weighted by Crippen LogP contribution is 2.25. The van der Waals surface area contributed by atoms with E-state index in [4.69, 9.17) is 4.42 Å². The summed E-state index contributed by atoms with van der Waals surface area (Å²) in [6, 6.07) is 5.69. The van der Waals surface area contributed by atoms with E-state index >= 15 is 0 Å². The van der Waals surface area contributed by atoms with Gasteiger partial charge >= 0.3 is 0 Å². The number of aryl methyl sites for hydroxylation is 1. The van der Waals surface area contributed by atoms with Crippen LogP contribution in [0.3, 0.4) is 0 Å². The molecule has 0 aliphatic carbocycles. The number of aromatic nitrogens is 1. The van der Waals surface area contributed by atoms with Crippen LogP contribution >= 0.6 is 0 Å². The first-order valence-electron chi connectivity index (χ1n) is 5.64. The second-order valence-corrected chi connectivity index (χ2v) is 3.77. The van der Waals surface area contributed by atoms with Crippen molar-refractivity contribution < 1.29 is 9.21 Å². The van der Waals surface area contributed by atoms with E-state index in [1.165, 1.54) is 0 Å². The highest BCUT2D eigenvalue weighted by Gasteiger charge is 2.23. The van der Waals surface area contributed by atoms with Crippen LogP contribution in [-0.4, -0.2) is 17.0 Å². The van der Waals surface area contributed by atoms with Crippen molar-refractivity contribution in [2.75, 3.05) is 6.54 Å². The molecule has 5 nitrogen and oxygen atoms in total. The Bertz CT molecular complexity index is 603. The topological polar surface area (TPSA) is 71.0 Å². The number of nitrogens with one attached hydrogen (secondary N) is 1. The molecule has 1 amide bonds. The summed E-state index contributed by atoms with van der Waals surface area (Å²) in [5, 5.41) is 11.9. The van der Waals surface area contributed by atoms with Crippen LogP contribution in [0.4, 0.5) is 0 Å². The summed E-state index contributed by atoms with van der Waals surface area (Å²) in [4.78, 5) is 11.9. The van der Waals surface area contributed by atoms with Crippen LogP contribution in [0.2, 0.25) is 0 Å². The van der Waals surface area contributed by atoms with Crippen LogP contribution in [0.15, 0.2) is 28.9 Å². The van der Waals surface area contributed by atoms with Crippen molar-refractivity contribution in [2.24, 2.45) is 0 Å². The minimum absolute atomic E-state index is 0.259. The Morgan fingerprint density at radius 1 is 1.50 bits per heavy atom. The zero-order valence-electron chi connectivity index (χ0n) is 10.2. The molecule has 0 fully saturated rings. The zero-order valence-corrected chi connectivity index (χ0v) is 10.2. The van der Waals surface area contributed by atoms with E-state index in [0.29, 0.717) is 23.8 Å². The van der Waals surface area contributed by atoms with E-state index in [9.17, 15) is 10.1 Å². The lowest BCUT2D eigenvalue weighted by Crippen LogP contribution is -2.23. The average Bonchev–Trinajstić information content (AvgIpc) is 2.95. The molecular weight excluding hydrogens is 230 g/mol. The molecule has 0 aromatic carbocycles. The first-order chi connectivity index (χ1) is 8.69. The fraction of sp³-hybridized carbons (Fsp3) is 0.231. The van der Waals surface area contributed by atoms with Crippen molar-refractivity contribution in [3.8, 4) is 12.0 Å². The highest BCUT2D eigenvalue weighted by atomic mass is 16.4. The minimum Gasteiger partial charge on any atom is -0.443 e. The first-order valence-corrected chi connectivity index (χ1v) is 5.64. The normalized spacial score (nSPS) is 10.1. The van der Waals surface area contributed by atoms with Gasteiger partial charge in [-0.15, -0.1) is 0 Å². The molecular formula is C13H13N3O2. The van der Waals surface area contributed by atoms with Gasteiger partial charge in [-0.3, -0.25) is 9.36 Å². The number of hydrogen-bond donors (Lipinski definition) is 1. The van der Waals surface area contributed by atoms with Crippen molar-refractivity contribution in [1.29, 1.82) is 5.26 Å². The predicted octanol–water partition coefficient (Wildman–Crippen LogP) is 2.00. The van der Waals surface area contributed by atoms with Gasteiger partial charge in [0, 0.05) is 18.9 Å². The second kappa shape index (κ2) is 4.80. The van der Waals surface area contributed by atoms with Crippen LogP contribution in [0.25, 0.3) is 5.88 Å². The minimum atomic E-state index is -0.284. The molecule has 0 bridgehead atoms. The highest BCUT2D eigenvalue weighted by molar-refractivity contribution is 5.98. The van der Waals surface area contributed by atoms with Gasteiger partial charge in [-0.1, -0.05) is 0 Å². The predicted molar refractivity (Wildman–Crippen MR) is 65.5 cm³/mol. The van der Waals surface area contributed by atoms with E-state index in [0.717, 1.165) is 0 Å². The molecule has 0 unspecified atom stereocenters. The Kier molecular flexibility index (Phi) is 3.20. The smallest absolute Gasteiger partial charge is 0.256 e. The molecule has 2 aromatic rings. The number of hydrogen-bond acceptors (Lipinski definition) is 3. The summed E-state index contributed by atoms with van der Waals surface area (Å²) >= 11 is 0. The third-order valence-corrected chi connectivity index (χ3v) is 2.58. The molecule has 2 heterocycles. The molecule has 0 aliphatic rings. The second-order valence-electron chi connectivity index (χ2n) is 3.77. The Labute approximate surface area is 105 Å². The molecule has 18 heavy (non-hydrogen) atoms. The average molecular weight is 243 g/mol. The molecule has 0 spiro atoms. The summed E-state index contributed by atoms with van der Waals surface area (Å²) in [6.45, 7) is 4.01. The van der Waals surface area contributed by atoms with E-state index in [1.54, 1.807) is 23.9 Å². The van der Waals surface area contributed by atoms with Crippen molar-refractivity contribution in [2.45, 2.75) is 13.8 Å². The number of rotatable bonds is 3. The number of carbonyl (C=O) groups is 1. The van der Waals surface area contributed by atoms with Crippen LogP contribution in [0.1, 0.15) is 28.6 Å². The molecule has 2 aromatic heterocycles. The van der Waals surface area contributed by atoms with Gasteiger partial charge in [0.2, 0.25) is 5.88 Å². The van der Waals surface area contributed by atoms with Gasteiger partial charge < -0.3 is 9.73 Å². The molecule has 1 N–H and O–H groups in total. The number of nitriles is 1. The molecule has 0 saturated heterocycles. The fourth-order valence-corrected chi connectivity index (χ4v) is 1.81. The van der Waals surface area contributed by atoms with E-state index in [2.05, 4.69) is 5.32 Å². The SMILES string of the molecule is CCNC(=O)c1c(C)oc(-n2cccc2)c1C#N. The van der Waals surface area contributed by atoms with Crippen molar-refractivity contribution in [3.05, 3.63) is 41.4 Å². The van der Waals surface area contributed by atoms with Crippen molar-refractivity contribution in [3.63, 3.8) is 0 Å². The van der Waals surface area contributed by atoms with Crippen LogP contribution < -0.4 is 5.32 Å². The summed E-state index contributed by atoms with van der Waals surface area (Å²) in [5.74, 6) is 0.538. The maximum atomic E-state index is 11.9.